The summed E-state index contributed by atoms with van der Waals surface area (Å²) in [5.74, 6) is 0.828. The third-order valence-electron chi connectivity index (χ3n) is 18.9. The lowest BCUT2D eigenvalue weighted by Gasteiger charge is -2.11. The lowest BCUT2D eigenvalue weighted by Crippen LogP contribution is -2.28. The molecular formula is C82H100F3N21O6. The molecule has 0 bridgehead atoms. The van der Waals surface area contributed by atoms with Crippen LogP contribution in [0.25, 0.3) is 43.5 Å². The van der Waals surface area contributed by atoms with Crippen LogP contribution in [0.4, 0.5) is 70.2 Å². The van der Waals surface area contributed by atoms with Gasteiger partial charge in [-0.15, -0.1) is 0 Å². The number of hydrogen-bond acceptors (Lipinski definition) is 16. The Hall–Kier alpha value is -13.6. The van der Waals surface area contributed by atoms with Gasteiger partial charge in [0.15, 0.2) is 0 Å². The van der Waals surface area contributed by atoms with Crippen molar-refractivity contribution in [1.29, 1.82) is 0 Å². The van der Waals surface area contributed by atoms with Gasteiger partial charge in [-0.2, -0.15) is 13.2 Å². The van der Waals surface area contributed by atoms with Crippen molar-refractivity contribution in [3.63, 3.8) is 0 Å². The zero-order valence-electron chi connectivity index (χ0n) is 65.7. The van der Waals surface area contributed by atoms with Crippen LogP contribution in [0, 0.1) is 55.0 Å². The van der Waals surface area contributed by atoms with Crippen LogP contribution in [0.2, 0.25) is 0 Å². The number of anilines is 9. The van der Waals surface area contributed by atoms with E-state index in [4.69, 9.17) is 61.9 Å². The van der Waals surface area contributed by atoms with E-state index in [9.17, 15) is 32.3 Å². The number of esters is 1. The molecule has 14 rings (SSSR count). The number of alkyl halides is 3. The molecule has 0 spiro atoms. The van der Waals surface area contributed by atoms with Gasteiger partial charge < -0.3 is 112 Å². The molecule has 14 aromatic rings. The average molecular weight is 1530 g/mol. The topological polar surface area (TPSA) is 373 Å². The van der Waals surface area contributed by atoms with E-state index in [0.29, 0.717) is 86.9 Å². The van der Waals surface area contributed by atoms with Gasteiger partial charge in [-0.25, -0.2) is 4.79 Å². The van der Waals surface area contributed by atoms with Gasteiger partial charge in [-0.05, 0) is 174 Å². The van der Waals surface area contributed by atoms with Gasteiger partial charge in [-0.3, -0.25) is 18.8 Å². The van der Waals surface area contributed by atoms with E-state index in [-0.39, 0.29) is 29.0 Å². The maximum atomic E-state index is 12.7. The van der Waals surface area contributed by atoms with Crippen molar-refractivity contribution in [3.8, 4) is 5.75 Å². The first-order valence-electron chi connectivity index (χ1n) is 35.7. The second-order valence-corrected chi connectivity index (χ2v) is 26.6. The van der Waals surface area contributed by atoms with Gasteiger partial charge in [0.2, 0.25) is 5.82 Å². The van der Waals surface area contributed by atoms with Crippen LogP contribution in [0.5, 0.6) is 5.75 Å². The molecule has 3 amide bonds. The van der Waals surface area contributed by atoms with E-state index < -0.39 is 17.8 Å². The summed E-state index contributed by atoms with van der Waals surface area (Å²) in [6.07, 6.45) is 9.02. The van der Waals surface area contributed by atoms with Crippen molar-refractivity contribution in [3.05, 3.63) is 238 Å². The van der Waals surface area contributed by atoms with E-state index in [0.717, 1.165) is 102 Å². The Morgan fingerprint density at radius 2 is 0.884 bits per heavy atom. The fraction of sp³-hybridized carbons (Fsp3) is 0.256. The van der Waals surface area contributed by atoms with Gasteiger partial charge in [0, 0.05) is 116 Å². The Balaban J connectivity index is 0.000000164. The number of ether oxygens (including phenoxy) is 2. The SMILES string of the molecule is CCNC(=O)c1c(C)c(N)c2ccccn12.CCNc1c(N)c2cc(OC)ccn2c1C.COC(=O)c1c(C)c(N)c2cc(N)ccn12.Cc1c(N)c2ccccn2c1C(=O)N(C)C.Cc1c(N)c2ccccn2c1C(=O)NCCCN(C)C.Cc1c(N)c2ccccn2c1C(F)(F)F.[C-]#[N+]c1c(C)c(N)c2ccccn12. The summed E-state index contributed by atoms with van der Waals surface area (Å²) in [6.45, 7) is 26.8. The summed E-state index contributed by atoms with van der Waals surface area (Å²) in [5.41, 5.74) is 65.6. The number of amides is 3. The predicted molar refractivity (Wildman–Crippen MR) is 445 cm³/mol. The average Bonchev–Trinajstić information content (AvgIpc) is 1.53. The molecule has 14 heterocycles. The van der Waals surface area contributed by atoms with Gasteiger partial charge in [-0.1, -0.05) is 36.9 Å². The van der Waals surface area contributed by atoms with Crippen LogP contribution in [-0.2, 0) is 10.9 Å². The number of nitrogens with zero attached hydrogens (tertiary/aromatic N) is 10. The number of fused-ring (bicyclic) bond motifs is 7. The highest BCUT2D eigenvalue weighted by Gasteiger charge is 2.37. The Morgan fingerprint density at radius 1 is 0.473 bits per heavy atom. The molecule has 0 aliphatic heterocycles. The molecule has 0 fully saturated rings. The first-order valence-corrected chi connectivity index (χ1v) is 35.7. The molecule has 0 unspecified atom stereocenters. The fourth-order valence-corrected chi connectivity index (χ4v) is 12.9. The molecule has 0 atom stereocenters. The second-order valence-electron chi connectivity index (χ2n) is 26.6. The molecule has 0 saturated heterocycles. The van der Waals surface area contributed by atoms with Crippen molar-refractivity contribution in [2.45, 2.75) is 74.9 Å². The third kappa shape index (κ3) is 17.4. The normalized spacial score (nSPS) is 10.9. The lowest BCUT2D eigenvalue weighted by atomic mass is 10.2. The predicted octanol–water partition coefficient (Wildman–Crippen LogP) is 13.3. The van der Waals surface area contributed by atoms with Crippen LogP contribution in [0.3, 0.4) is 0 Å². The number of aryl methyl sites for hydroxylation is 1. The number of pyridine rings is 7. The van der Waals surface area contributed by atoms with Gasteiger partial charge >= 0.3 is 12.1 Å². The first kappa shape index (κ1) is 84.1. The fourth-order valence-electron chi connectivity index (χ4n) is 12.9. The summed E-state index contributed by atoms with van der Waals surface area (Å²) < 4.78 is 60.2. The van der Waals surface area contributed by atoms with Gasteiger partial charge in [0.25, 0.3) is 17.7 Å². The van der Waals surface area contributed by atoms with Gasteiger partial charge in [0.05, 0.1) is 99.0 Å². The van der Waals surface area contributed by atoms with Crippen molar-refractivity contribution >= 4 is 119 Å². The molecule has 27 nitrogen and oxygen atoms in total. The van der Waals surface area contributed by atoms with Crippen molar-refractivity contribution in [1.82, 2.24) is 51.2 Å². The number of rotatable bonds is 12. The number of hydrogen-bond donors (Lipinski definition) is 11. The number of nitrogens with two attached hydrogens (primary N) is 8. The van der Waals surface area contributed by atoms with Crippen molar-refractivity contribution < 1.29 is 41.8 Å². The molecule has 14 aromatic heterocycles. The van der Waals surface area contributed by atoms with E-state index in [1.807, 2.05) is 189 Å². The smallest absolute Gasteiger partial charge is 0.432 e. The zero-order chi connectivity index (χ0) is 82.5. The van der Waals surface area contributed by atoms with E-state index in [1.54, 1.807) is 74.0 Å². The number of nitrogens with one attached hydrogen (secondary N) is 3. The quantitative estimate of drug-likeness (QED) is 0.0307. The molecule has 19 N–H and O–H groups in total. The van der Waals surface area contributed by atoms with Crippen LogP contribution in [0.1, 0.15) is 107 Å². The third-order valence-corrected chi connectivity index (χ3v) is 18.9. The summed E-state index contributed by atoms with van der Waals surface area (Å²) >= 11 is 0. The highest BCUT2D eigenvalue weighted by atomic mass is 19.4. The van der Waals surface area contributed by atoms with Crippen LogP contribution < -0.4 is 66.6 Å². The Bertz CT molecular complexity index is 5800. The number of methoxy groups -OCH3 is 2. The maximum absolute atomic E-state index is 12.7. The maximum Gasteiger partial charge on any atom is 0.432 e. The minimum Gasteiger partial charge on any atom is -0.497 e. The Labute approximate surface area is 647 Å². The number of nitrogen functional groups attached to an aromatic ring is 8. The molecule has 0 radical (unpaired) electrons. The lowest BCUT2D eigenvalue weighted by molar-refractivity contribution is -0.142. The summed E-state index contributed by atoms with van der Waals surface area (Å²) in [5, 5.41) is 9.04. The standard InChI is InChI=1S/C15H22N4O.C12H15N3O.C12H17N3O.C12H15N3O.C11H13N3O2.C10H9F3N2.C10H9N3/c1-11-13(16)12-7-4-5-10-19(12)14(11)15(20)17-8-6-9-18(2)3;1-8-10(13)9-6-4-5-7-15(9)11(8)12(16)14(2)3;1-4-14-12-8(2)15-6-5-9(16-3)7-10(15)11(12)13;1-3-14-12(16)11-8(2)10(13)9-6-4-5-7-15(9)11;1-6-9(13)8-5-7(12)3-4-14(8)10(6)11(15)16-2;1-6-8(14)7-4-2-3-5-15(7)9(6)10(11,12)13;1-7-9(11)8-5-3-4-6-13(8)10(7)12-2/h4-5,7,10H,6,8-9,16H2,1-3H3,(H,17,20);4-7H,13H2,1-3H3;5-7,14H,4,13H2,1-3H3;4-7H,3,13H2,1-2H3,(H,14,16);3-5H,12-13H2,1-2H3;2-5H,14H2,1H3;3-6H,11H2,1H3. The minimum atomic E-state index is -4.38. The van der Waals surface area contributed by atoms with Gasteiger partial charge in [0.1, 0.15) is 39.7 Å². The molecule has 112 heavy (non-hydrogen) atoms. The highest BCUT2D eigenvalue weighted by molar-refractivity contribution is 6.01. The Morgan fingerprint density at radius 3 is 1.35 bits per heavy atom. The molecular weight excluding hydrogens is 1430 g/mol. The highest BCUT2D eigenvalue weighted by Crippen LogP contribution is 2.39. The molecule has 0 aliphatic carbocycles. The van der Waals surface area contributed by atoms with Crippen molar-refractivity contribution in [2.75, 3.05) is 120 Å². The monoisotopic (exact) mass is 1530 g/mol. The first-order chi connectivity index (χ1) is 53.1. The summed E-state index contributed by atoms with van der Waals surface area (Å²) in [4.78, 5) is 55.0. The molecule has 0 aromatic carbocycles. The number of aromatic nitrogens is 7. The van der Waals surface area contributed by atoms with Crippen LogP contribution in [0.15, 0.2) is 159 Å². The molecule has 0 saturated carbocycles. The van der Waals surface area contributed by atoms with E-state index in [1.165, 1.54) is 20.2 Å². The van der Waals surface area contributed by atoms with E-state index in [2.05, 4.69) is 37.0 Å². The number of halogens is 3. The van der Waals surface area contributed by atoms with Crippen LogP contribution >= 0.6 is 0 Å². The number of carbonyl (C=O) groups excluding carboxylic acids is 4. The largest absolute Gasteiger partial charge is 0.497 e. The Kier molecular flexibility index (Phi) is 27.1. The molecule has 590 valence electrons. The van der Waals surface area contributed by atoms with Crippen molar-refractivity contribution in [2.24, 2.45) is 0 Å². The minimum absolute atomic E-state index is 0.0320. The van der Waals surface area contributed by atoms with E-state index >= 15 is 0 Å². The number of carbonyl (C=O) groups is 4. The van der Waals surface area contributed by atoms with Crippen LogP contribution in [-0.4, -0.2) is 133 Å². The molecule has 30 heteroatoms. The second kappa shape index (κ2) is 36.1. The summed E-state index contributed by atoms with van der Waals surface area (Å²) in [6, 6.07) is 34.9. The zero-order valence-corrected chi connectivity index (χ0v) is 65.7. The summed E-state index contributed by atoms with van der Waals surface area (Å²) in [7, 11) is 10.5. The molecule has 0 aliphatic rings.